The normalized spacial score (nSPS) is 15.1. The molecule has 1 aliphatic rings. The molecule has 0 fully saturated rings. The standard InChI is InChI=1S/C16H22N8/c1-10(2)14-20-19-12-5-6-23(7-8-24(12)14)16-13-11(3)21-22(4)15(13)17-9-18-16/h9-10H,5-8H2,1-4H3. The van der Waals surface area contributed by atoms with Gasteiger partial charge < -0.3 is 9.47 Å². The van der Waals surface area contributed by atoms with E-state index in [1.54, 1.807) is 6.33 Å². The maximum absolute atomic E-state index is 4.57. The van der Waals surface area contributed by atoms with Crippen molar-refractivity contribution < 1.29 is 0 Å². The van der Waals surface area contributed by atoms with Crippen LogP contribution in [0.5, 0.6) is 0 Å². The van der Waals surface area contributed by atoms with E-state index in [2.05, 4.69) is 48.6 Å². The van der Waals surface area contributed by atoms with Gasteiger partial charge in [0.2, 0.25) is 0 Å². The Labute approximate surface area is 140 Å². The summed E-state index contributed by atoms with van der Waals surface area (Å²) in [6, 6.07) is 0. The van der Waals surface area contributed by atoms with Gasteiger partial charge in [-0.05, 0) is 6.92 Å². The average molecular weight is 326 g/mol. The molecule has 8 heteroatoms. The fourth-order valence-corrected chi connectivity index (χ4v) is 3.48. The van der Waals surface area contributed by atoms with Gasteiger partial charge in [-0.15, -0.1) is 10.2 Å². The lowest BCUT2D eigenvalue weighted by molar-refractivity contribution is 0.617. The molecule has 0 radical (unpaired) electrons. The van der Waals surface area contributed by atoms with Crippen LogP contribution in [0.15, 0.2) is 6.33 Å². The molecule has 126 valence electrons. The summed E-state index contributed by atoms with van der Waals surface area (Å²) in [5.41, 5.74) is 1.85. The zero-order valence-electron chi connectivity index (χ0n) is 14.6. The van der Waals surface area contributed by atoms with Gasteiger partial charge in [-0.1, -0.05) is 13.8 Å². The van der Waals surface area contributed by atoms with Gasteiger partial charge in [-0.25, -0.2) is 9.97 Å². The highest BCUT2D eigenvalue weighted by Crippen LogP contribution is 2.27. The number of hydrogen-bond donors (Lipinski definition) is 0. The Kier molecular flexibility index (Phi) is 3.47. The molecule has 0 aromatic carbocycles. The van der Waals surface area contributed by atoms with E-state index in [4.69, 9.17) is 0 Å². The SMILES string of the molecule is Cc1nn(C)c2ncnc(N3CCc4nnc(C(C)C)n4CC3)c12. The molecule has 3 aromatic heterocycles. The van der Waals surface area contributed by atoms with E-state index >= 15 is 0 Å². The van der Waals surface area contributed by atoms with Gasteiger partial charge in [-0.2, -0.15) is 5.10 Å². The molecule has 3 aromatic rings. The van der Waals surface area contributed by atoms with Crippen molar-refractivity contribution in [1.29, 1.82) is 0 Å². The van der Waals surface area contributed by atoms with Crippen LogP contribution < -0.4 is 4.90 Å². The summed E-state index contributed by atoms with van der Waals surface area (Å²) in [6.07, 6.45) is 2.49. The minimum absolute atomic E-state index is 0.379. The van der Waals surface area contributed by atoms with E-state index in [-0.39, 0.29) is 0 Å². The molecule has 0 bridgehead atoms. The van der Waals surface area contributed by atoms with Gasteiger partial charge in [0.1, 0.15) is 23.8 Å². The number of nitrogens with zero attached hydrogens (tertiary/aromatic N) is 8. The molecule has 1 aliphatic heterocycles. The number of fused-ring (bicyclic) bond motifs is 2. The van der Waals surface area contributed by atoms with Crippen molar-refractivity contribution in [3.05, 3.63) is 23.7 Å². The maximum Gasteiger partial charge on any atom is 0.163 e. The summed E-state index contributed by atoms with van der Waals surface area (Å²) >= 11 is 0. The molecular formula is C16H22N8. The van der Waals surface area contributed by atoms with E-state index in [1.807, 2.05) is 18.7 Å². The Bertz CT molecular complexity index is 891. The number of hydrogen-bond acceptors (Lipinski definition) is 6. The third-order valence-electron chi connectivity index (χ3n) is 4.65. The number of aryl methyl sites for hydroxylation is 2. The van der Waals surface area contributed by atoms with Crippen LogP contribution in [0, 0.1) is 6.92 Å². The minimum Gasteiger partial charge on any atom is -0.354 e. The second kappa shape index (κ2) is 5.54. The van der Waals surface area contributed by atoms with Gasteiger partial charge in [0, 0.05) is 39.0 Å². The number of anilines is 1. The fraction of sp³-hybridized carbons (Fsp3) is 0.562. The molecule has 0 amide bonds. The Morgan fingerprint density at radius 2 is 1.92 bits per heavy atom. The predicted octanol–water partition coefficient (Wildman–Crippen LogP) is 1.45. The van der Waals surface area contributed by atoms with E-state index in [9.17, 15) is 0 Å². The average Bonchev–Trinajstić information content (AvgIpc) is 3.02. The first-order chi connectivity index (χ1) is 11.6. The van der Waals surface area contributed by atoms with Crippen molar-refractivity contribution in [2.75, 3.05) is 18.0 Å². The molecule has 0 N–H and O–H groups in total. The van der Waals surface area contributed by atoms with Crippen LogP contribution in [0.25, 0.3) is 11.0 Å². The van der Waals surface area contributed by atoms with Crippen molar-refractivity contribution in [2.24, 2.45) is 7.05 Å². The Morgan fingerprint density at radius 1 is 1.08 bits per heavy atom. The van der Waals surface area contributed by atoms with Crippen LogP contribution >= 0.6 is 0 Å². The number of rotatable bonds is 2. The van der Waals surface area contributed by atoms with Gasteiger partial charge >= 0.3 is 0 Å². The number of aromatic nitrogens is 7. The second-order valence-electron chi connectivity index (χ2n) is 6.62. The topological polar surface area (TPSA) is 77.6 Å². The summed E-state index contributed by atoms with van der Waals surface area (Å²) in [4.78, 5) is 11.3. The smallest absolute Gasteiger partial charge is 0.163 e. The Morgan fingerprint density at radius 3 is 2.71 bits per heavy atom. The van der Waals surface area contributed by atoms with Gasteiger partial charge in [0.25, 0.3) is 0 Å². The lowest BCUT2D eigenvalue weighted by Crippen LogP contribution is -2.28. The molecule has 0 saturated heterocycles. The van der Waals surface area contributed by atoms with Crippen molar-refractivity contribution in [1.82, 2.24) is 34.5 Å². The lowest BCUT2D eigenvalue weighted by atomic mass is 10.2. The fourth-order valence-electron chi connectivity index (χ4n) is 3.48. The highest BCUT2D eigenvalue weighted by Gasteiger charge is 2.23. The van der Waals surface area contributed by atoms with Crippen LogP contribution in [0.3, 0.4) is 0 Å². The summed E-state index contributed by atoms with van der Waals surface area (Å²) < 4.78 is 4.08. The molecule has 4 rings (SSSR count). The van der Waals surface area contributed by atoms with E-state index in [0.717, 1.165) is 60.2 Å². The predicted molar refractivity (Wildman–Crippen MR) is 91.1 cm³/mol. The molecule has 0 unspecified atom stereocenters. The molecular weight excluding hydrogens is 304 g/mol. The summed E-state index contributed by atoms with van der Waals surface area (Å²) in [6.45, 7) is 8.96. The van der Waals surface area contributed by atoms with Crippen LogP contribution in [0.2, 0.25) is 0 Å². The third-order valence-corrected chi connectivity index (χ3v) is 4.65. The maximum atomic E-state index is 4.57. The first-order valence-corrected chi connectivity index (χ1v) is 8.37. The van der Waals surface area contributed by atoms with Crippen LogP contribution in [-0.2, 0) is 20.0 Å². The minimum atomic E-state index is 0.379. The van der Waals surface area contributed by atoms with Gasteiger partial charge in [0.15, 0.2) is 5.65 Å². The molecule has 24 heavy (non-hydrogen) atoms. The summed E-state index contributed by atoms with van der Waals surface area (Å²) in [5.74, 6) is 3.48. The largest absolute Gasteiger partial charge is 0.354 e. The molecule has 4 heterocycles. The van der Waals surface area contributed by atoms with E-state index in [0.29, 0.717) is 5.92 Å². The zero-order valence-corrected chi connectivity index (χ0v) is 14.6. The Balaban J connectivity index is 1.70. The lowest BCUT2D eigenvalue weighted by Gasteiger charge is -2.22. The van der Waals surface area contributed by atoms with Crippen molar-refractivity contribution in [2.45, 2.75) is 39.7 Å². The highest BCUT2D eigenvalue weighted by atomic mass is 15.3. The van der Waals surface area contributed by atoms with E-state index < -0.39 is 0 Å². The van der Waals surface area contributed by atoms with Crippen molar-refractivity contribution in [3.63, 3.8) is 0 Å². The van der Waals surface area contributed by atoms with Crippen molar-refractivity contribution in [3.8, 4) is 0 Å². The molecule has 8 nitrogen and oxygen atoms in total. The van der Waals surface area contributed by atoms with Gasteiger partial charge in [-0.3, -0.25) is 4.68 Å². The molecule has 0 atom stereocenters. The zero-order chi connectivity index (χ0) is 16.8. The summed E-state index contributed by atoms with van der Waals surface area (Å²) in [5, 5.41) is 14.3. The van der Waals surface area contributed by atoms with Crippen LogP contribution in [0.4, 0.5) is 5.82 Å². The molecule has 0 saturated carbocycles. The first kappa shape index (κ1) is 15.0. The van der Waals surface area contributed by atoms with Crippen molar-refractivity contribution >= 4 is 16.9 Å². The van der Waals surface area contributed by atoms with E-state index in [1.165, 1.54) is 0 Å². The first-order valence-electron chi connectivity index (χ1n) is 8.37. The van der Waals surface area contributed by atoms with Gasteiger partial charge in [0.05, 0.1) is 11.1 Å². The third kappa shape index (κ3) is 2.24. The molecule has 0 aliphatic carbocycles. The quantitative estimate of drug-likeness (QED) is 0.709. The summed E-state index contributed by atoms with van der Waals surface area (Å²) in [7, 11) is 1.92. The second-order valence-corrected chi connectivity index (χ2v) is 6.62. The monoisotopic (exact) mass is 326 g/mol. The van der Waals surface area contributed by atoms with Crippen LogP contribution in [-0.4, -0.2) is 47.6 Å². The Hall–Kier alpha value is -2.51. The van der Waals surface area contributed by atoms with Crippen LogP contribution in [0.1, 0.15) is 37.1 Å². The highest BCUT2D eigenvalue weighted by molar-refractivity contribution is 5.89. The molecule has 0 spiro atoms.